The Morgan fingerprint density at radius 2 is 1.83 bits per heavy atom. The Balaban J connectivity index is 1.65. The summed E-state index contributed by atoms with van der Waals surface area (Å²) in [4.78, 5) is 0. The lowest BCUT2D eigenvalue weighted by molar-refractivity contribution is 0.140. The molecule has 0 aromatic rings. The van der Waals surface area contributed by atoms with Gasteiger partial charge < -0.3 is 10.4 Å². The molecule has 0 unspecified atom stereocenters. The van der Waals surface area contributed by atoms with E-state index < -0.39 is 0 Å². The van der Waals surface area contributed by atoms with Crippen molar-refractivity contribution >= 4 is 0 Å². The van der Waals surface area contributed by atoms with E-state index in [1.54, 1.807) is 0 Å². The highest BCUT2D eigenvalue weighted by atomic mass is 16.3. The first-order valence-corrected chi connectivity index (χ1v) is 5.24. The molecule has 0 bridgehead atoms. The van der Waals surface area contributed by atoms with Gasteiger partial charge in [0.1, 0.15) is 0 Å². The molecular formula is C10H19NO. The molecule has 2 aliphatic rings. The lowest BCUT2D eigenvalue weighted by atomic mass is 9.95. The number of rotatable bonds is 3. The SMILES string of the molecule is OC1(CNC2CCCCC2)CC1. The van der Waals surface area contributed by atoms with Gasteiger partial charge in [-0.1, -0.05) is 19.3 Å². The molecule has 2 rings (SSSR count). The van der Waals surface area contributed by atoms with Crippen molar-refractivity contribution in [2.45, 2.75) is 56.6 Å². The van der Waals surface area contributed by atoms with Crippen molar-refractivity contribution in [3.8, 4) is 0 Å². The second-order valence-corrected chi connectivity index (χ2v) is 4.44. The molecule has 0 heterocycles. The molecule has 0 aromatic heterocycles. The second kappa shape index (κ2) is 3.35. The maximum atomic E-state index is 9.60. The Morgan fingerprint density at radius 1 is 1.17 bits per heavy atom. The van der Waals surface area contributed by atoms with Crippen molar-refractivity contribution in [1.82, 2.24) is 5.32 Å². The molecule has 2 aliphatic carbocycles. The fourth-order valence-electron chi connectivity index (χ4n) is 1.96. The van der Waals surface area contributed by atoms with Crippen LogP contribution in [0.15, 0.2) is 0 Å². The summed E-state index contributed by atoms with van der Waals surface area (Å²) in [7, 11) is 0. The normalized spacial score (nSPS) is 28.8. The molecule has 0 aliphatic heterocycles. The molecule has 0 radical (unpaired) electrons. The summed E-state index contributed by atoms with van der Waals surface area (Å²) in [5.41, 5.74) is -0.308. The molecule has 2 fully saturated rings. The summed E-state index contributed by atoms with van der Waals surface area (Å²) < 4.78 is 0. The summed E-state index contributed by atoms with van der Waals surface area (Å²) in [6.07, 6.45) is 8.79. The van der Waals surface area contributed by atoms with Gasteiger partial charge in [-0.05, 0) is 25.7 Å². The zero-order valence-electron chi connectivity index (χ0n) is 7.68. The third kappa shape index (κ3) is 2.20. The maximum absolute atomic E-state index is 9.60. The smallest absolute Gasteiger partial charge is 0.0773 e. The lowest BCUT2D eigenvalue weighted by Gasteiger charge is -2.24. The standard InChI is InChI=1S/C10H19NO/c12-10(6-7-10)8-11-9-4-2-1-3-5-9/h9,11-12H,1-8H2. The molecule has 0 saturated heterocycles. The van der Waals surface area contributed by atoms with Crippen LogP contribution in [0, 0.1) is 0 Å². The van der Waals surface area contributed by atoms with E-state index in [-0.39, 0.29) is 5.60 Å². The fourth-order valence-corrected chi connectivity index (χ4v) is 1.96. The Bertz CT molecular complexity index is 148. The highest BCUT2D eigenvalue weighted by Gasteiger charge is 2.40. The van der Waals surface area contributed by atoms with Gasteiger partial charge in [0.25, 0.3) is 0 Å². The van der Waals surface area contributed by atoms with Crippen molar-refractivity contribution < 1.29 is 5.11 Å². The highest BCUT2D eigenvalue weighted by molar-refractivity contribution is 4.96. The predicted octanol–water partition coefficient (Wildman–Crippen LogP) is 1.43. The average Bonchev–Trinajstić information content (AvgIpc) is 2.84. The third-order valence-corrected chi connectivity index (χ3v) is 3.15. The minimum atomic E-state index is -0.308. The van der Waals surface area contributed by atoms with Crippen LogP contribution in [0.1, 0.15) is 44.9 Å². The Kier molecular flexibility index (Phi) is 2.37. The Morgan fingerprint density at radius 3 is 2.42 bits per heavy atom. The highest BCUT2D eigenvalue weighted by Crippen LogP contribution is 2.34. The van der Waals surface area contributed by atoms with Gasteiger partial charge in [-0.2, -0.15) is 0 Å². The van der Waals surface area contributed by atoms with Crippen LogP contribution >= 0.6 is 0 Å². The van der Waals surface area contributed by atoms with Gasteiger partial charge in [-0.3, -0.25) is 0 Å². The zero-order chi connectivity index (χ0) is 8.44. The van der Waals surface area contributed by atoms with Crippen LogP contribution in [0.4, 0.5) is 0 Å². The van der Waals surface area contributed by atoms with E-state index in [1.807, 2.05) is 0 Å². The predicted molar refractivity (Wildman–Crippen MR) is 49.1 cm³/mol. The minimum absolute atomic E-state index is 0.308. The first kappa shape index (κ1) is 8.52. The van der Waals surface area contributed by atoms with E-state index in [0.717, 1.165) is 19.4 Å². The van der Waals surface area contributed by atoms with Gasteiger partial charge in [0.05, 0.1) is 5.60 Å². The van der Waals surface area contributed by atoms with Gasteiger partial charge in [0, 0.05) is 12.6 Å². The summed E-state index contributed by atoms with van der Waals surface area (Å²) >= 11 is 0. The van der Waals surface area contributed by atoms with Crippen LogP contribution < -0.4 is 5.32 Å². The summed E-state index contributed by atoms with van der Waals surface area (Å²) in [5.74, 6) is 0. The van der Waals surface area contributed by atoms with Gasteiger partial charge in [-0.15, -0.1) is 0 Å². The maximum Gasteiger partial charge on any atom is 0.0773 e. The van der Waals surface area contributed by atoms with E-state index in [1.165, 1.54) is 32.1 Å². The van der Waals surface area contributed by atoms with Crippen molar-refractivity contribution in [1.29, 1.82) is 0 Å². The molecule has 0 atom stereocenters. The van der Waals surface area contributed by atoms with E-state index in [0.29, 0.717) is 6.04 Å². The third-order valence-electron chi connectivity index (χ3n) is 3.15. The molecule has 0 spiro atoms. The average molecular weight is 169 g/mol. The molecule has 2 heteroatoms. The van der Waals surface area contributed by atoms with E-state index in [9.17, 15) is 5.11 Å². The number of aliphatic hydroxyl groups is 1. The quantitative estimate of drug-likeness (QED) is 0.670. The summed E-state index contributed by atoms with van der Waals surface area (Å²) in [6.45, 7) is 0.831. The fraction of sp³-hybridized carbons (Fsp3) is 1.00. The van der Waals surface area contributed by atoms with Crippen molar-refractivity contribution in [3.05, 3.63) is 0 Å². The summed E-state index contributed by atoms with van der Waals surface area (Å²) in [5, 5.41) is 13.1. The van der Waals surface area contributed by atoms with Crippen molar-refractivity contribution in [2.75, 3.05) is 6.54 Å². The first-order valence-electron chi connectivity index (χ1n) is 5.24. The Hall–Kier alpha value is -0.0800. The van der Waals surface area contributed by atoms with Gasteiger partial charge in [0.15, 0.2) is 0 Å². The molecule has 2 N–H and O–H groups in total. The van der Waals surface area contributed by atoms with Crippen LogP contribution in [0.3, 0.4) is 0 Å². The molecule has 2 saturated carbocycles. The number of nitrogens with one attached hydrogen (secondary N) is 1. The van der Waals surface area contributed by atoms with Crippen LogP contribution in [-0.4, -0.2) is 23.3 Å². The van der Waals surface area contributed by atoms with E-state index >= 15 is 0 Å². The van der Waals surface area contributed by atoms with E-state index in [4.69, 9.17) is 0 Å². The Labute approximate surface area is 74.4 Å². The molecular weight excluding hydrogens is 150 g/mol. The second-order valence-electron chi connectivity index (χ2n) is 4.44. The first-order chi connectivity index (χ1) is 5.79. The molecule has 12 heavy (non-hydrogen) atoms. The summed E-state index contributed by atoms with van der Waals surface area (Å²) in [6, 6.07) is 0.698. The van der Waals surface area contributed by atoms with E-state index in [2.05, 4.69) is 5.32 Å². The van der Waals surface area contributed by atoms with Gasteiger partial charge >= 0.3 is 0 Å². The largest absolute Gasteiger partial charge is 0.389 e. The van der Waals surface area contributed by atoms with Crippen molar-refractivity contribution in [2.24, 2.45) is 0 Å². The zero-order valence-corrected chi connectivity index (χ0v) is 7.68. The minimum Gasteiger partial charge on any atom is -0.389 e. The van der Waals surface area contributed by atoms with Crippen LogP contribution in [0.25, 0.3) is 0 Å². The molecule has 0 aromatic carbocycles. The molecule has 70 valence electrons. The van der Waals surface area contributed by atoms with Gasteiger partial charge in [0.2, 0.25) is 0 Å². The van der Waals surface area contributed by atoms with Gasteiger partial charge in [-0.25, -0.2) is 0 Å². The van der Waals surface area contributed by atoms with Crippen LogP contribution in [-0.2, 0) is 0 Å². The lowest BCUT2D eigenvalue weighted by Crippen LogP contribution is -2.37. The van der Waals surface area contributed by atoms with Crippen LogP contribution in [0.5, 0.6) is 0 Å². The number of hydrogen-bond acceptors (Lipinski definition) is 2. The van der Waals surface area contributed by atoms with Crippen molar-refractivity contribution in [3.63, 3.8) is 0 Å². The topological polar surface area (TPSA) is 32.3 Å². The monoisotopic (exact) mass is 169 g/mol. The van der Waals surface area contributed by atoms with Crippen LogP contribution in [0.2, 0.25) is 0 Å². The molecule has 2 nitrogen and oxygen atoms in total. The number of hydrogen-bond donors (Lipinski definition) is 2. The molecule has 0 amide bonds.